The molecule has 2 N–H and O–H groups in total. The van der Waals surface area contributed by atoms with Gasteiger partial charge in [0, 0.05) is 30.1 Å². The van der Waals surface area contributed by atoms with E-state index in [1.165, 1.54) is 17.7 Å². The minimum atomic E-state index is -1.01. The van der Waals surface area contributed by atoms with Crippen molar-refractivity contribution in [3.05, 3.63) is 59.3 Å². The molecule has 2 bridgehead atoms. The van der Waals surface area contributed by atoms with Gasteiger partial charge in [-0.05, 0) is 52.0 Å². The third kappa shape index (κ3) is 6.66. The minimum absolute atomic E-state index is 0.0466. The lowest BCUT2D eigenvalue weighted by atomic mass is 9.51. The second-order valence-electron chi connectivity index (χ2n) is 13.3. The van der Waals surface area contributed by atoms with Crippen molar-refractivity contribution in [1.82, 2.24) is 0 Å². The van der Waals surface area contributed by atoms with E-state index in [9.17, 15) is 19.5 Å². The van der Waals surface area contributed by atoms with Gasteiger partial charge in [0.25, 0.3) is 0 Å². The molecule has 0 amide bonds. The van der Waals surface area contributed by atoms with Crippen molar-refractivity contribution in [1.29, 1.82) is 0 Å². The molecule has 3 aliphatic heterocycles. The molecular weight excluding hydrogens is 596 g/mol. The summed E-state index contributed by atoms with van der Waals surface area (Å²) < 4.78 is 36.9. The van der Waals surface area contributed by atoms with Crippen LogP contribution in [0.3, 0.4) is 0 Å². The van der Waals surface area contributed by atoms with Crippen molar-refractivity contribution >= 4 is 17.9 Å². The first kappa shape index (κ1) is 34.3. The molecule has 0 aromatic carbocycles. The lowest BCUT2D eigenvalue weighted by Crippen LogP contribution is -2.66. The van der Waals surface area contributed by atoms with Crippen molar-refractivity contribution in [2.24, 2.45) is 10.8 Å². The molecule has 252 valence electrons. The van der Waals surface area contributed by atoms with Crippen LogP contribution in [0.15, 0.2) is 59.3 Å². The number of aliphatic hydroxyl groups is 1. The van der Waals surface area contributed by atoms with E-state index in [2.05, 4.69) is 19.9 Å². The van der Waals surface area contributed by atoms with Gasteiger partial charge in [0.15, 0.2) is 0 Å². The number of carbonyl (C=O) groups is 3. The van der Waals surface area contributed by atoms with Crippen molar-refractivity contribution in [2.75, 3.05) is 33.0 Å². The maximum Gasteiger partial charge on any atom is 0.331 e. The van der Waals surface area contributed by atoms with Gasteiger partial charge in [-0.3, -0.25) is 0 Å². The van der Waals surface area contributed by atoms with E-state index in [1.807, 2.05) is 6.92 Å². The van der Waals surface area contributed by atoms with E-state index in [1.54, 1.807) is 25.2 Å². The Morgan fingerprint density at radius 1 is 1.17 bits per heavy atom. The van der Waals surface area contributed by atoms with E-state index < -0.39 is 52.7 Å². The van der Waals surface area contributed by atoms with E-state index in [0.717, 1.165) is 12.5 Å². The number of aliphatic carboxylic acids is 1. The monoisotopic (exact) mass is 642 g/mol. The summed E-state index contributed by atoms with van der Waals surface area (Å²) in [6, 6.07) is 0. The van der Waals surface area contributed by atoms with Gasteiger partial charge in [0.1, 0.15) is 24.4 Å². The number of carbonyl (C=O) groups excluding carboxylic acids is 2. The van der Waals surface area contributed by atoms with Crippen LogP contribution in [0.5, 0.6) is 0 Å². The van der Waals surface area contributed by atoms with Gasteiger partial charge in [-0.25, -0.2) is 14.4 Å². The molecule has 0 aromatic heterocycles. The van der Waals surface area contributed by atoms with Crippen LogP contribution in [0.2, 0.25) is 0 Å². The number of rotatable bonds is 7. The molecule has 3 fully saturated rings. The predicted octanol–water partition coefficient (Wildman–Crippen LogP) is 3.76. The first-order valence-corrected chi connectivity index (χ1v) is 16.1. The first-order valence-electron chi connectivity index (χ1n) is 16.1. The Labute approximate surface area is 269 Å². The molecule has 0 radical (unpaired) electrons. The van der Waals surface area contributed by atoms with Gasteiger partial charge in [0.05, 0.1) is 50.2 Å². The molecule has 11 nitrogen and oxygen atoms in total. The fourth-order valence-corrected chi connectivity index (χ4v) is 7.68. The minimum Gasteiger partial charge on any atom is -0.478 e. The number of carboxylic acid groups (broad SMARTS) is 1. The lowest BCUT2D eigenvalue weighted by molar-refractivity contribution is -0.232. The quantitative estimate of drug-likeness (QED) is 0.181. The molecule has 0 aromatic rings. The Morgan fingerprint density at radius 2 is 1.96 bits per heavy atom. The van der Waals surface area contributed by atoms with Crippen LogP contribution in [-0.4, -0.2) is 97.3 Å². The number of epoxide rings is 1. The maximum absolute atomic E-state index is 13.2. The average Bonchev–Trinajstić information content (AvgIpc) is 3.78. The molecule has 5 aliphatic rings. The van der Waals surface area contributed by atoms with Gasteiger partial charge in [-0.15, -0.1) is 0 Å². The highest BCUT2D eigenvalue weighted by Gasteiger charge is 2.83. The fourth-order valence-electron chi connectivity index (χ4n) is 7.68. The molecule has 2 saturated heterocycles. The molecule has 5 rings (SSSR count). The third-order valence-electron chi connectivity index (χ3n) is 10.6. The van der Waals surface area contributed by atoms with E-state index in [4.69, 9.17) is 33.5 Å². The zero-order valence-corrected chi connectivity index (χ0v) is 27.1. The zero-order chi connectivity index (χ0) is 33.1. The standard InChI is InChI=1S/C35H46O11/c1-22-9-12-34-20-43-32(40)17-25(19-36)11-14-42-26(24(3)41-13-10-23(2)16-30(37)38)7-5-6-8-31(39)46-27-18-29(45-28(34)15-22)35(21-44-35)33(27,34)4/h5-8,15-17,24,26-29,36H,9-14,18-21H2,1-4H3,(H,37,38)/b7-5+,8-6+,23-16+,25-17-/t24-,26-,27-,28-,29-,33-,34-,35+/m1/s1. The van der Waals surface area contributed by atoms with E-state index >= 15 is 0 Å². The Kier molecular flexibility index (Phi) is 10.4. The molecule has 46 heavy (non-hydrogen) atoms. The summed E-state index contributed by atoms with van der Waals surface area (Å²) in [6.45, 7) is 8.37. The number of esters is 2. The predicted molar refractivity (Wildman–Crippen MR) is 166 cm³/mol. The summed E-state index contributed by atoms with van der Waals surface area (Å²) in [7, 11) is 0. The lowest BCUT2D eigenvalue weighted by Gasteiger charge is -2.58. The second-order valence-corrected chi connectivity index (χ2v) is 13.3. The van der Waals surface area contributed by atoms with Crippen LogP contribution >= 0.6 is 0 Å². The second kappa shape index (κ2) is 13.9. The first-order chi connectivity index (χ1) is 21.9. The van der Waals surface area contributed by atoms with Gasteiger partial charge in [0.2, 0.25) is 0 Å². The Hall–Kier alpha value is -3.09. The smallest absolute Gasteiger partial charge is 0.331 e. The number of hydrogen-bond donors (Lipinski definition) is 2. The van der Waals surface area contributed by atoms with Crippen molar-refractivity contribution in [3.63, 3.8) is 0 Å². The summed E-state index contributed by atoms with van der Waals surface area (Å²) in [5.41, 5.74) is 0.349. The highest BCUT2D eigenvalue weighted by atomic mass is 16.6. The normalized spacial score (nSPS) is 39.8. The van der Waals surface area contributed by atoms with Crippen LogP contribution in [-0.2, 0) is 42.8 Å². The topological polar surface area (TPSA) is 150 Å². The molecule has 0 unspecified atom stereocenters. The summed E-state index contributed by atoms with van der Waals surface area (Å²) in [5.74, 6) is -2.08. The highest BCUT2D eigenvalue weighted by molar-refractivity contribution is 5.83. The zero-order valence-electron chi connectivity index (χ0n) is 27.1. The Bertz CT molecular complexity index is 1340. The molecule has 3 heterocycles. The molecule has 11 heteroatoms. The van der Waals surface area contributed by atoms with Crippen LogP contribution in [0.4, 0.5) is 0 Å². The van der Waals surface area contributed by atoms with Crippen LogP contribution in [0.1, 0.15) is 59.8 Å². The van der Waals surface area contributed by atoms with Crippen molar-refractivity contribution in [2.45, 2.75) is 95.9 Å². The van der Waals surface area contributed by atoms with Crippen LogP contribution in [0, 0.1) is 10.8 Å². The third-order valence-corrected chi connectivity index (χ3v) is 10.6. The number of aliphatic hydroxyl groups excluding tert-OH is 1. The Balaban J connectivity index is 1.39. The maximum atomic E-state index is 13.2. The average molecular weight is 643 g/mol. The molecular formula is C35H46O11. The summed E-state index contributed by atoms with van der Waals surface area (Å²) in [4.78, 5) is 37.3. The summed E-state index contributed by atoms with van der Waals surface area (Å²) in [6.07, 6.45) is 11.6. The van der Waals surface area contributed by atoms with E-state index in [0.29, 0.717) is 37.0 Å². The Morgan fingerprint density at radius 3 is 2.67 bits per heavy atom. The molecule has 2 spiro atoms. The number of allylic oxidation sites excluding steroid dienone is 3. The van der Waals surface area contributed by atoms with E-state index in [-0.39, 0.29) is 45.1 Å². The summed E-state index contributed by atoms with van der Waals surface area (Å²) in [5, 5.41) is 19.0. The number of hydrogen-bond acceptors (Lipinski definition) is 10. The van der Waals surface area contributed by atoms with Crippen molar-refractivity contribution < 1.29 is 53.0 Å². The largest absolute Gasteiger partial charge is 0.478 e. The number of carboxylic acids is 1. The van der Waals surface area contributed by atoms with Gasteiger partial charge in [-0.1, -0.05) is 42.4 Å². The highest BCUT2D eigenvalue weighted by Crippen LogP contribution is 2.72. The SMILES string of the molecule is CC1=C[C@H]2O[C@@H]3C[C@H]4OC(=O)/C=C/C=C/[C@H]([C@@H](C)OCC/C(C)=C/C(=O)O)OCC/C(CO)=C/C(=O)OC[C@@]2(CC1)[C@]4(C)[C@]31CO1. The van der Waals surface area contributed by atoms with Crippen LogP contribution < -0.4 is 0 Å². The van der Waals surface area contributed by atoms with Gasteiger partial charge < -0.3 is 38.6 Å². The summed E-state index contributed by atoms with van der Waals surface area (Å²) >= 11 is 0. The fraction of sp³-hybridized carbons (Fsp3) is 0.629. The van der Waals surface area contributed by atoms with Crippen LogP contribution in [0.25, 0.3) is 0 Å². The molecule has 8 atom stereocenters. The number of ether oxygens (including phenoxy) is 6. The number of cyclic esters (lactones) is 1. The van der Waals surface area contributed by atoms with Crippen molar-refractivity contribution in [3.8, 4) is 0 Å². The van der Waals surface area contributed by atoms with Gasteiger partial charge >= 0.3 is 17.9 Å². The molecule has 2 aliphatic carbocycles. The van der Waals surface area contributed by atoms with Gasteiger partial charge in [-0.2, -0.15) is 0 Å². The molecule has 1 saturated carbocycles.